The summed E-state index contributed by atoms with van der Waals surface area (Å²) in [5.41, 5.74) is 20.8. The standard InChI is InChI=1S/C27H29.C13H10.C10H15.2ClH.Zr/c1-16-7-9-26(3,4)24-12-18-11-19-13-25-21(17(2)8-10-27(25,5)6)15-23(19)22(18)14-20(16)24;1-3-7-12(8-4-1)11-13-9-5-2-6-10-13;1-8-5-6-9(7-8)10(2,3)4;;;/h7-9,12-15H,10-11H2,1-6H3;1-10H;5-7H,1-4H3;2*1H;/q-1;;-1;;;+2/p-2. The maximum absolute atomic E-state index is 2.51. The second kappa shape index (κ2) is 16.7. The van der Waals surface area contributed by atoms with Gasteiger partial charge in [0.15, 0.2) is 0 Å². The molecule has 0 bridgehead atoms. The molecule has 5 aromatic carbocycles. The van der Waals surface area contributed by atoms with Crippen LogP contribution in [-0.2, 0) is 46.9 Å². The maximum atomic E-state index is 2.51. The third-order valence-electron chi connectivity index (χ3n) is 11.0. The summed E-state index contributed by atoms with van der Waals surface area (Å²) in [5, 5.41) is 0. The van der Waals surface area contributed by atoms with E-state index < -0.39 is 0 Å². The minimum absolute atomic E-state index is 0. The molecule has 0 saturated carbocycles. The van der Waals surface area contributed by atoms with Crippen LogP contribution in [-0.4, -0.2) is 3.21 Å². The summed E-state index contributed by atoms with van der Waals surface area (Å²) < 4.78 is 1.42. The van der Waals surface area contributed by atoms with Gasteiger partial charge in [-0.3, -0.25) is 0 Å². The van der Waals surface area contributed by atoms with Crippen LogP contribution in [0.1, 0.15) is 124 Å². The fourth-order valence-electron chi connectivity index (χ4n) is 7.58. The van der Waals surface area contributed by atoms with Crippen molar-refractivity contribution < 1.29 is 49.0 Å². The molecule has 274 valence electrons. The molecule has 0 spiro atoms. The Morgan fingerprint density at radius 1 is 0.660 bits per heavy atom. The summed E-state index contributed by atoms with van der Waals surface area (Å²) in [6, 6.07) is 37.7. The molecule has 53 heavy (non-hydrogen) atoms. The molecule has 0 heterocycles. The number of hydrogen-bond donors (Lipinski definition) is 0. The van der Waals surface area contributed by atoms with Gasteiger partial charge in [-0.2, -0.15) is 28.8 Å². The van der Waals surface area contributed by atoms with Gasteiger partial charge in [-0.25, -0.2) is 18.6 Å². The van der Waals surface area contributed by atoms with E-state index in [1.54, 1.807) is 0 Å². The summed E-state index contributed by atoms with van der Waals surface area (Å²) in [7, 11) is 0. The van der Waals surface area contributed by atoms with Gasteiger partial charge in [0.05, 0.1) is 0 Å². The van der Waals surface area contributed by atoms with Crippen LogP contribution in [0.15, 0.2) is 115 Å². The molecule has 0 unspecified atom stereocenters. The molecule has 0 atom stereocenters. The van der Waals surface area contributed by atoms with Crippen molar-refractivity contribution >= 4 is 14.4 Å². The van der Waals surface area contributed by atoms with E-state index in [0.29, 0.717) is 5.41 Å². The number of halogens is 2. The Balaban J connectivity index is 0.000000203. The van der Waals surface area contributed by atoms with E-state index in [-0.39, 0.29) is 35.6 Å². The molecule has 0 aliphatic heterocycles. The molecule has 0 radical (unpaired) electrons. The number of rotatable bonds is 2. The fourth-order valence-corrected chi connectivity index (χ4v) is 8.40. The first-order chi connectivity index (χ1) is 24.0. The number of fused-ring (bicyclic) bond motifs is 5. The van der Waals surface area contributed by atoms with Gasteiger partial charge in [0, 0.05) is 0 Å². The molecule has 0 amide bonds. The van der Waals surface area contributed by atoms with Gasteiger partial charge in [-0.15, -0.1) is 12.5 Å². The molecular weight excluding hydrogens is 763 g/mol. The first-order valence-corrected chi connectivity index (χ1v) is 19.8. The van der Waals surface area contributed by atoms with E-state index in [0.717, 1.165) is 12.8 Å². The molecule has 0 saturated heterocycles. The van der Waals surface area contributed by atoms with Gasteiger partial charge < -0.3 is 24.8 Å². The molecule has 3 aliphatic rings. The summed E-state index contributed by atoms with van der Waals surface area (Å²) in [5.74, 6) is 0. The van der Waals surface area contributed by atoms with E-state index in [4.69, 9.17) is 0 Å². The SMILES string of the molecule is CC1=C[CH-]C(C)(C)c2cc3c(cc21)-c1cc2c(cc1C3)C(C)(C)CC=C2C.Cc1cc(C(C)(C)C)c[cH-]1.[Cl-].[Cl-].[Zr+2]=[C](c1ccccc1)c1ccccc1. The van der Waals surface area contributed by atoms with Crippen molar-refractivity contribution in [3.8, 4) is 11.1 Å². The van der Waals surface area contributed by atoms with Gasteiger partial charge in [-0.1, -0.05) is 96.1 Å². The monoisotopic (exact) mass is 814 g/mol. The van der Waals surface area contributed by atoms with E-state index in [9.17, 15) is 0 Å². The van der Waals surface area contributed by atoms with Crippen LogP contribution in [0.5, 0.6) is 0 Å². The van der Waals surface area contributed by atoms with Crippen LogP contribution < -0.4 is 24.8 Å². The van der Waals surface area contributed by atoms with Crippen molar-refractivity contribution in [3.63, 3.8) is 0 Å². The second-order valence-corrected chi connectivity index (χ2v) is 18.3. The van der Waals surface area contributed by atoms with Gasteiger partial charge in [-0.05, 0) is 70.2 Å². The van der Waals surface area contributed by atoms with Crippen molar-refractivity contribution in [2.24, 2.45) is 0 Å². The Bertz CT molecular complexity index is 2010. The third-order valence-corrected chi connectivity index (χ3v) is 12.4. The van der Waals surface area contributed by atoms with E-state index >= 15 is 0 Å². The van der Waals surface area contributed by atoms with Crippen molar-refractivity contribution in [2.75, 3.05) is 0 Å². The zero-order valence-electron chi connectivity index (χ0n) is 33.2. The topological polar surface area (TPSA) is 0 Å². The molecule has 0 N–H and O–H groups in total. The fraction of sp³-hybridized carbons (Fsp3) is 0.300. The van der Waals surface area contributed by atoms with E-state index in [1.165, 1.54) is 105 Å². The quantitative estimate of drug-likeness (QED) is 0.164. The normalized spacial score (nSPS) is 15.3. The predicted molar refractivity (Wildman–Crippen MR) is 219 cm³/mol. The Morgan fingerprint density at radius 3 is 1.64 bits per heavy atom. The Labute approximate surface area is 347 Å². The van der Waals surface area contributed by atoms with Gasteiger partial charge in [0.1, 0.15) is 0 Å². The first-order valence-electron chi connectivity index (χ1n) is 18.5. The van der Waals surface area contributed by atoms with Crippen molar-refractivity contribution in [1.82, 2.24) is 0 Å². The molecule has 3 aliphatic carbocycles. The number of aryl methyl sites for hydroxylation is 1. The van der Waals surface area contributed by atoms with Crippen molar-refractivity contribution in [3.05, 3.63) is 177 Å². The molecular formula is C50H54Cl2Zr-2. The Kier molecular flexibility index (Phi) is 13.5. The molecule has 5 aromatic rings. The molecule has 0 nitrogen and oxygen atoms in total. The van der Waals surface area contributed by atoms with Gasteiger partial charge >= 0.3 is 99.2 Å². The summed E-state index contributed by atoms with van der Waals surface area (Å²) in [4.78, 5) is 0. The zero-order chi connectivity index (χ0) is 36.7. The molecule has 8 rings (SSSR count). The first kappa shape index (κ1) is 42.7. The third kappa shape index (κ3) is 9.24. The van der Waals surface area contributed by atoms with Crippen LogP contribution >= 0.6 is 0 Å². The Hall–Kier alpha value is -3.09. The van der Waals surface area contributed by atoms with Crippen LogP contribution in [0.25, 0.3) is 22.3 Å². The minimum atomic E-state index is 0. The molecule has 0 aromatic heterocycles. The van der Waals surface area contributed by atoms with Crippen LogP contribution in [0.2, 0.25) is 0 Å². The van der Waals surface area contributed by atoms with Gasteiger partial charge in [0.2, 0.25) is 0 Å². The zero-order valence-corrected chi connectivity index (χ0v) is 37.2. The summed E-state index contributed by atoms with van der Waals surface area (Å²) >= 11 is 1.46. The van der Waals surface area contributed by atoms with Crippen LogP contribution in [0.3, 0.4) is 0 Å². The second-order valence-electron chi connectivity index (χ2n) is 17.0. The molecule has 0 fully saturated rings. The van der Waals surface area contributed by atoms with Crippen LogP contribution in [0.4, 0.5) is 0 Å². The number of hydrogen-bond acceptors (Lipinski definition) is 0. The Morgan fingerprint density at radius 2 is 1.17 bits per heavy atom. The number of allylic oxidation sites excluding steroid dienone is 4. The number of benzene rings is 4. The van der Waals surface area contributed by atoms with Crippen LogP contribution in [0, 0.1) is 13.3 Å². The van der Waals surface area contributed by atoms with Gasteiger partial charge in [0.25, 0.3) is 0 Å². The molecule has 3 heteroatoms. The summed E-state index contributed by atoms with van der Waals surface area (Å²) in [6.45, 7) is 22.8. The van der Waals surface area contributed by atoms with Crippen molar-refractivity contribution in [2.45, 2.75) is 98.3 Å². The predicted octanol–water partition coefficient (Wildman–Crippen LogP) is 7.06. The average Bonchev–Trinajstić information content (AvgIpc) is 3.71. The summed E-state index contributed by atoms with van der Waals surface area (Å²) in [6.07, 6.45) is 9.28. The van der Waals surface area contributed by atoms with Crippen molar-refractivity contribution in [1.29, 1.82) is 0 Å². The average molecular weight is 817 g/mol. The van der Waals surface area contributed by atoms with E-state index in [2.05, 4.69) is 191 Å². The van der Waals surface area contributed by atoms with E-state index in [1.807, 2.05) is 0 Å².